The fourth-order valence-electron chi connectivity index (χ4n) is 0.857. The van der Waals surface area contributed by atoms with Gasteiger partial charge in [0.2, 0.25) is 6.08 Å². The Morgan fingerprint density at radius 1 is 1.38 bits per heavy atom. The third-order valence-corrected chi connectivity index (χ3v) is 1.53. The van der Waals surface area contributed by atoms with E-state index in [4.69, 9.17) is 4.74 Å². The number of carbonyl (C=O) groups is 1. The largest absolute Gasteiger partial charge is 0.464 e. The average Bonchev–Trinajstić information content (AvgIpc) is 2.14. The summed E-state index contributed by atoms with van der Waals surface area (Å²) < 4.78 is 4.78. The molecule has 74 valence electrons. The van der Waals surface area contributed by atoms with Crippen molar-refractivity contribution in [1.82, 2.24) is 0 Å². The zero-order valence-corrected chi connectivity index (χ0v) is 7.91. The third-order valence-electron chi connectivity index (χ3n) is 1.53. The molecule has 0 spiro atoms. The molecular weight excluding hydrogens is 170 g/mol. The molecule has 0 aromatic heterocycles. The van der Waals surface area contributed by atoms with Crippen LogP contribution in [0.2, 0.25) is 0 Å². The molecule has 0 amide bonds. The number of carbonyl (C=O) groups excluding carboxylic acids is 2. The van der Waals surface area contributed by atoms with Gasteiger partial charge >= 0.3 is 5.97 Å². The topological polar surface area (TPSA) is 55.7 Å². The molecule has 0 aliphatic rings. The fourth-order valence-corrected chi connectivity index (χ4v) is 0.857. The van der Waals surface area contributed by atoms with Crippen LogP contribution in [-0.4, -0.2) is 25.2 Å². The van der Waals surface area contributed by atoms with Crippen LogP contribution in [-0.2, 0) is 14.3 Å². The summed E-state index contributed by atoms with van der Waals surface area (Å²) in [6.45, 7) is 2.33. The number of hydrogen-bond donors (Lipinski definition) is 0. The lowest BCUT2D eigenvalue weighted by molar-refractivity contribution is -0.141. The highest BCUT2D eigenvalue weighted by atomic mass is 16.5. The van der Waals surface area contributed by atoms with Crippen LogP contribution in [0.15, 0.2) is 4.99 Å². The molecule has 0 aliphatic heterocycles. The highest BCUT2D eigenvalue weighted by molar-refractivity contribution is 5.72. The molecule has 0 heterocycles. The van der Waals surface area contributed by atoms with E-state index in [1.165, 1.54) is 6.08 Å². The summed E-state index contributed by atoms with van der Waals surface area (Å²) in [6, 6.07) is 0. The normalized spacial score (nSPS) is 9.00. The third kappa shape index (κ3) is 8.76. The number of rotatable bonds is 7. The van der Waals surface area contributed by atoms with E-state index in [2.05, 4.69) is 11.9 Å². The van der Waals surface area contributed by atoms with Crippen LogP contribution in [0.5, 0.6) is 0 Å². The molecule has 0 bridgehead atoms. The summed E-state index contributed by atoms with van der Waals surface area (Å²) in [7, 11) is 0. The summed E-state index contributed by atoms with van der Waals surface area (Å²) in [4.78, 5) is 23.5. The number of esters is 1. The van der Waals surface area contributed by atoms with Gasteiger partial charge in [-0.3, -0.25) is 4.79 Å². The lowest BCUT2D eigenvalue weighted by atomic mass is 10.2. The van der Waals surface area contributed by atoms with E-state index in [1.54, 1.807) is 0 Å². The Hall–Kier alpha value is -1.15. The summed E-state index contributed by atoms with van der Waals surface area (Å²) >= 11 is 0. The summed E-state index contributed by atoms with van der Waals surface area (Å²) in [5, 5.41) is 0. The van der Waals surface area contributed by atoms with Crippen LogP contribution in [0.1, 0.15) is 32.6 Å². The van der Waals surface area contributed by atoms with Gasteiger partial charge in [-0.15, -0.1) is 0 Å². The van der Waals surface area contributed by atoms with E-state index in [0.29, 0.717) is 6.61 Å². The van der Waals surface area contributed by atoms with Crippen molar-refractivity contribution in [3.8, 4) is 0 Å². The van der Waals surface area contributed by atoms with Crippen molar-refractivity contribution in [1.29, 1.82) is 0 Å². The predicted molar refractivity (Wildman–Crippen MR) is 48.1 cm³/mol. The smallest absolute Gasteiger partial charge is 0.328 e. The van der Waals surface area contributed by atoms with Crippen molar-refractivity contribution in [2.45, 2.75) is 32.6 Å². The molecule has 13 heavy (non-hydrogen) atoms. The Bertz CT molecular complexity index is 185. The molecule has 4 heteroatoms. The van der Waals surface area contributed by atoms with Crippen LogP contribution < -0.4 is 0 Å². The maximum Gasteiger partial charge on any atom is 0.328 e. The number of unbranched alkanes of at least 4 members (excludes halogenated alkanes) is 3. The first-order valence-electron chi connectivity index (χ1n) is 4.50. The number of nitrogens with zero attached hydrogens (tertiary/aromatic N) is 1. The monoisotopic (exact) mass is 185 g/mol. The van der Waals surface area contributed by atoms with E-state index in [-0.39, 0.29) is 6.54 Å². The Labute approximate surface area is 78.0 Å². The highest BCUT2D eigenvalue weighted by Gasteiger charge is 1.99. The van der Waals surface area contributed by atoms with Crippen molar-refractivity contribution in [3.05, 3.63) is 0 Å². The van der Waals surface area contributed by atoms with E-state index in [1.807, 2.05) is 0 Å². The van der Waals surface area contributed by atoms with Crippen molar-refractivity contribution in [2.75, 3.05) is 13.2 Å². The Kier molecular flexibility index (Phi) is 8.15. The summed E-state index contributed by atoms with van der Waals surface area (Å²) in [6.07, 6.45) is 5.55. The molecule has 0 atom stereocenters. The van der Waals surface area contributed by atoms with E-state index < -0.39 is 5.97 Å². The lowest BCUT2D eigenvalue weighted by Crippen LogP contribution is -2.08. The van der Waals surface area contributed by atoms with Gasteiger partial charge in [0.25, 0.3) is 0 Å². The molecule has 0 aromatic rings. The first kappa shape index (κ1) is 11.8. The van der Waals surface area contributed by atoms with Gasteiger partial charge in [-0.05, 0) is 6.42 Å². The Morgan fingerprint density at radius 2 is 2.15 bits per heavy atom. The van der Waals surface area contributed by atoms with Crippen LogP contribution >= 0.6 is 0 Å². The van der Waals surface area contributed by atoms with Crippen molar-refractivity contribution in [3.63, 3.8) is 0 Å². The quantitative estimate of drug-likeness (QED) is 0.261. The van der Waals surface area contributed by atoms with Crippen molar-refractivity contribution in [2.24, 2.45) is 4.99 Å². The van der Waals surface area contributed by atoms with Gasteiger partial charge in [0.1, 0.15) is 6.54 Å². The first-order valence-corrected chi connectivity index (χ1v) is 4.50. The van der Waals surface area contributed by atoms with Gasteiger partial charge in [-0.25, -0.2) is 4.79 Å². The maximum absolute atomic E-state index is 10.7. The fraction of sp³-hybridized carbons (Fsp3) is 0.778. The second kappa shape index (κ2) is 8.94. The van der Waals surface area contributed by atoms with Gasteiger partial charge in [-0.2, -0.15) is 4.99 Å². The molecule has 0 radical (unpaired) electrons. The molecular formula is C9H15NO3. The van der Waals surface area contributed by atoms with Crippen LogP contribution in [0.25, 0.3) is 0 Å². The van der Waals surface area contributed by atoms with Gasteiger partial charge < -0.3 is 4.74 Å². The highest BCUT2D eigenvalue weighted by Crippen LogP contribution is 1.98. The van der Waals surface area contributed by atoms with Gasteiger partial charge in [0, 0.05) is 0 Å². The van der Waals surface area contributed by atoms with E-state index >= 15 is 0 Å². The predicted octanol–water partition coefficient (Wildman–Crippen LogP) is 1.45. The minimum atomic E-state index is -0.458. The maximum atomic E-state index is 10.7. The zero-order valence-electron chi connectivity index (χ0n) is 7.91. The lowest BCUT2D eigenvalue weighted by Gasteiger charge is -2.01. The molecule has 0 unspecified atom stereocenters. The van der Waals surface area contributed by atoms with Gasteiger partial charge in [0.05, 0.1) is 6.61 Å². The second-order valence-electron chi connectivity index (χ2n) is 2.69. The Balaban J connectivity index is 3.21. The Morgan fingerprint density at radius 3 is 2.77 bits per heavy atom. The summed E-state index contributed by atoms with van der Waals surface area (Å²) in [5.41, 5.74) is 0. The molecule has 0 aliphatic carbocycles. The van der Waals surface area contributed by atoms with Gasteiger partial charge in [0.15, 0.2) is 0 Å². The van der Waals surface area contributed by atoms with Crippen LogP contribution in [0.3, 0.4) is 0 Å². The standard InChI is InChI=1S/C9H15NO3/c1-2-3-4-5-6-13-9(12)7-10-8-11/h2-7H2,1H3. The molecule has 0 saturated heterocycles. The second-order valence-corrected chi connectivity index (χ2v) is 2.69. The zero-order chi connectivity index (χ0) is 9.94. The average molecular weight is 185 g/mol. The van der Waals surface area contributed by atoms with E-state index in [9.17, 15) is 9.59 Å². The van der Waals surface area contributed by atoms with Crippen LogP contribution in [0, 0.1) is 0 Å². The molecule has 0 aromatic carbocycles. The number of aliphatic imine (C=N–C) groups is 1. The number of ether oxygens (including phenoxy) is 1. The minimum absolute atomic E-state index is 0.211. The SMILES string of the molecule is CCCCCCOC(=O)CN=C=O. The molecule has 0 rings (SSSR count). The van der Waals surface area contributed by atoms with Gasteiger partial charge in [-0.1, -0.05) is 26.2 Å². The minimum Gasteiger partial charge on any atom is -0.464 e. The van der Waals surface area contributed by atoms with Crippen molar-refractivity contribution >= 4 is 12.0 Å². The van der Waals surface area contributed by atoms with E-state index in [0.717, 1.165) is 25.7 Å². The molecule has 4 nitrogen and oxygen atoms in total. The molecule has 0 N–H and O–H groups in total. The number of hydrogen-bond acceptors (Lipinski definition) is 4. The number of isocyanates is 1. The first-order chi connectivity index (χ1) is 6.31. The van der Waals surface area contributed by atoms with Crippen LogP contribution in [0.4, 0.5) is 0 Å². The molecule has 0 fully saturated rings. The molecule has 0 saturated carbocycles. The van der Waals surface area contributed by atoms with Crippen molar-refractivity contribution < 1.29 is 14.3 Å². The summed E-state index contributed by atoms with van der Waals surface area (Å²) in [5.74, 6) is -0.458.